The Morgan fingerprint density at radius 2 is 0.779 bits per heavy atom. The molecule has 1 saturated heterocycles. The summed E-state index contributed by atoms with van der Waals surface area (Å²) in [6, 6.07) is 0. The zero-order valence-electron chi connectivity index (χ0n) is 49.2. The van der Waals surface area contributed by atoms with Gasteiger partial charge >= 0.3 is 23.9 Å². The lowest BCUT2D eigenvalue weighted by molar-refractivity contribution is -0.301. The molecule has 6 unspecified atom stereocenters. The van der Waals surface area contributed by atoms with Crippen molar-refractivity contribution >= 4 is 23.9 Å². The summed E-state index contributed by atoms with van der Waals surface area (Å²) in [5.74, 6) is -3.13. The Morgan fingerprint density at radius 1 is 0.429 bits per heavy atom. The van der Waals surface area contributed by atoms with Crippen molar-refractivity contribution in [3.63, 3.8) is 0 Å². The Labute approximate surface area is 469 Å². The minimum absolute atomic E-state index is 0.0504. The SMILES string of the molecule is CCCCC/C=C\C/C=C\CCCCCCCCCCCC(=O)OCC(COC1OC(C(=O)O)C(O)C(O)C1OC(=O)CCCCCCC/C=C\CCCCCC)OC(=O)CCCCCCC/C=C\CCCCCCCC. The van der Waals surface area contributed by atoms with E-state index in [1.54, 1.807) is 0 Å². The lowest BCUT2D eigenvalue weighted by Crippen LogP contribution is -2.61. The number of carboxylic acid groups (broad SMARTS) is 1. The molecule has 1 aliphatic heterocycles. The minimum Gasteiger partial charge on any atom is -0.479 e. The van der Waals surface area contributed by atoms with E-state index in [0.29, 0.717) is 19.3 Å². The van der Waals surface area contributed by atoms with E-state index in [1.165, 1.54) is 122 Å². The summed E-state index contributed by atoms with van der Waals surface area (Å²) in [6.07, 6.45) is 52.1. The quantitative estimate of drug-likeness (QED) is 0.0228. The predicted molar refractivity (Wildman–Crippen MR) is 312 cm³/mol. The second-order valence-corrected chi connectivity index (χ2v) is 21.7. The summed E-state index contributed by atoms with van der Waals surface area (Å²) in [5.41, 5.74) is 0. The van der Waals surface area contributed by atoms with E-state index < -0.39 is 67.3 Å². The van der Waals surface area contributed by atoms with Gasteiger partial charge < -0.3 is 39.0 Å². The number of allylic oxidation sites excluding steroid dienone is 8. The first-order valence-corrected chi connectivity index (χ1v) is 31.6. The lowest BCUT2D eigenvalue weighted by Gasteiger charge is -2.40. The zero-order chi connectivity index (χ0) is 56.1. The average molecular weight is 1090 g/mol. The molecule has 0 saturated carbocycles. The second-order valence-electron chi connectivity index (χ2n) is 21.7. The smallest absolute Gasteiger partial charge is 0.335 e. The van der Waals surface area contributed by atoms with E-state index in [2.05, 4.69) is 69.4 Å². The molecular weight excluding hydrogens is 973 g/mol. The summed E-state index contributed by atoms with van der Waals surface area (Å²) in [7, 11) is 0. The maximum absolute atomic E-state index is 13.2. The fourth-order valence-corrected chi connectivity index (χ4v) is 9.45. The second kappa shape index (κ2) is 53.3. The molecule has 1 heterocycles. The molecule has 1 fully saturated rings. The highest BCUT2D eigenvalue weighted by Gasteiger charge is 2.50. The van der Waals surface area contributed by atoms with Crippen molar-refractivity contribution in [2.45, 2.75) is 327 Å². The number of aliphatic hydroxyl groups is 2. The molecule has 77 heavy (non-hydrogen) atoms. The van der Waals surface area contributed by atoms with Crippen molar-refractivity contribution < 1.29 is 58.2 Å². The van der Waals surface area contributed by atoms with Crippen molar-refractivity contribution in [1.82, 2.24) is 0 Å². The Hall–Kier alpha value is -3.32. The van der Waals surface area contributed by atoms with Crippen LogP contribution < -0.4 is 0 Å². The summed E-state index contributed by atoms with van der Waals surface area (Å²) < 4.78 is 28.5. The van der Waals surface area contributed by atoms with Crippen LogP contribution in [0.5, 0.6) is 0 Å². The van der Waals surface area contributed by atoms with Crippen LogP contribution in [0.1, 0.15) is 290 Å². The molecule has 0 radical (unpaired) electrons. The van der Waals surface area contributed by atoms with Crippen LogP contribution in [0.4, 0.5) is 0 Å². The van der Waals surface area contributed by atoms with E-state index in [0.717, 1.165) is 109 Å². The molecule has 446 valence electrons. The third-order valence-corrected chi connectivity index (χ3v) is 14.3. The molecule has 12 heteroatoms. The average Bonchev–Trinajstić information content (AvgIpc) is 3.42. The maximum Gasteiger partial charge on any atom is 0.335 e. The highest BCUT2D eigenvalue weighted by molar-refractivity contribution is 5.74. The van der Waals surface area contributed by atoms with Crippen LogP contribution in [-0.4, -0.2) is 89.2 Å². The lowest BCUT2D eigenvalue weighted by atomic mass is 9.98. The molecule has 1 aliphatic rings. The summed E-state index contributed by atoms with van der Waals surface area (Å²) in [6.45, 7) is 5.96. The Kier molecular flexibility index (Phi) is 49.7. The van der Waals surface area contributed by atoms with Gasteiger partial charge in [-0.25, -0.2) is 4.79 Å². The zero-order valence-corrected chi connectivity index (χ0v) is 49.2. The summed E-state index contributed by atoms with van der Waals surface area (Å²) >= 11 is 0. The summed E-state index contributed by atoms with van der Waals surface area (Å²) in [5, 5.41) is 31.5. The van der Waals surface area contributed by atoms with Gasteiger partial charge in [-0.3, -0.25) is 14.4 Å². The van der Waals surface area contributed by atoms with Crippen molar-refractivity contribution in [3.05, 3.63) is 48.6 Å². The fraction of sp³-hybridized carbons (Fsp3) is 0.815. The van der Waals surface area contributed by atoms with Crippen molar-refractivity contribution in [1.29, 1.82) is 0 Å². The van der Waals surface area contributed by atoms with Gasteiger partial charge in [0.1, 0.15) is 18.8 Å². The Bertz CT molecular complexity index is 1520. The Morgan fingerprint density at radius 3 is 1.22 bits per heavy atom. The van der Waals surface area contributed by atoms with Gasteiger partial charge in [-0.15, -0.1) is 0 Å². The van der Waals surface area contributed by atoms with Crippen molar-refractivity contribution in [2.24, 2.45) is 0 Å². The number of aliphatic carboxylic acids is 1. The van der Waals surface area contributed by atoms with Crippen LogP contribution in [-0.2, 0) is 42.9 Å². The van der Waals surface area contributed by atoms with Crippen molar-refractivity contribution in [2.75, 3.05) is 13.2 Å². The molecule has 0 bridgehead atoms. The fourth-order valence-electron chi connectivity index (χ4n) is 9.45. The molecular formula is C65H114O12. The monoisotopic (exact) mass is 1090 g/mol. The third kappa shape index (κ3) is 43.2. The number of ether oxygens (including phenoxy) is 5. The third-order valence-electron chi connectivity index (χ3n) is 14.3. The minimum atomic E-state index is -1.91. The van der Waals surface area contributed by atoms with Gasteiger partial charge in [-0.05, 0) is 103 Å². The number of hydrogen-bond donors (Lipinski definition) is 3. The molecule has 0 aromatic carbocycles. The first-order chi connectivity index (χ1) is 37.6. The van der Waals surface area contributed by atoms with Gasteiger partial charge in [-0.2, -0.15) is 0 Å². The summed E-state index contributed by atoms with van der Waals surface area (Å²) in [4.78, 5) is 51.2. The standard InChI is InChI=1S/C65H114O12/c1-4-7-10-13-16-19-22-25-27-28-29-30-32-34-36-39-42-45-48-51-57(66)73-54-56(75-58(67)52-49-46-43-40-38-35-31-26-23-20-17-14-11-8-5-2)55-74-65-63(61(70)60(69)62(77-65)64(71)72)76-59(68)53-50-47-44-41-37-33-24-21-18-15-12-9-6-3/h16,19,21,24-27,31,56,60-63,65,69-70H,4-15,17-18,20,22-23,28-30,32-55H2,1-3H3,(H,71,72)/b19-16-,24-21-,27-25-,31-26-. The number of esters is 3. The highest BCUT2D eigenvalue weighted by atomic mass is 16.7. The number of hydrogen-bond acceptors (Lipinski definition) is 11. The normalized spacial score (nSPS) is 18.3. The number of carbonyl (C=O) groups excluding carboxylic acids is 3. The molecule has 1 rings (SSSR count). The number of carboxylic acids is 1. The van der Waals surface area contributed by atoms with E-state index in [1.807, 2.05) is 0 Å². The van der Waals surface area contributed by atoms with Gasteiger partial charge in [0.15, 0.2) is 24.6 Å². The van der Waals surface area contributed by atoms with E-state index in [9.17, 15) is 34.5 Å². The largest absolute Gasteiger partial charge is 0.479 e. The van der Waals surface area contributed by atoms with Crippen LogP contribution >= 0.6 is 0 Å². The van der Waals surface area contributed by atoms with E-state index >= 15 is 0 Å². The predicted octanol–water partition coefficient (Wildman–Crippen LogP) is 16.6. The van der Waals surface area contributed by atoms with Gasteiger partial charge in [-0.1, -0.05) is 217 Å². The van der Waals surface area contributed by atoms with Crippen LogP contribution in [0.2, 0.25) is 0 Å². The number of carbonyl (C=O) groups is 4. The molecule has 3 N–H and O–H groups in total. The topological polar surface area (TPSA) is 175 Å². The molecule has 6 atom stereocenters. The molecule has 0 amide bonds. The van der Waals surface area contributed by atoms with Crippen molar-refractivity contribution in [3.8, 4) is 0 Å². The van der Waals surface area contributed by atoms with Crippen LogP contribution in [0.15, 0.2) is 48.6 Å². The first-order valence-electron chi connectivity index (χ1n) is 31.6. The first kappa shape index (κ1) is 71.7. The number of unbranched alkanes of at least 4 members (excludes halogenated alkanes) is 32. The van der Waals surface area contributed by atoms with E-state index in [4.69, 9.17) is 23.7 Å². The molecule has 0 aromatic heterocycles. The van der Waals surface area contributed by atoms with Gasteiger partial charge in [0.2, 0.25) is 0 Å². The van der Waals surface area contributed by atoms with Gasteiger partial charge in [0, 0.05) is 19.3 Å². The number of aliphatic hydroxyl groups excluding tert-OH is 2. The maximum atomic E-state index is 13.2. The molecule has 0 aromatic rings. The van der Waals surface area contributed by atoms with Gasteiger partial charge in [0.25, 0.3) is 0 Å². The molecule has 0 aliphatic carbocycles. The van der Waals surface area contributed by atoms with Gasteiger partial charge in [0.05, 0.1) is 6.61 Å². The van der Waals surface area contributed by atoms with Crippen LogP contribution in [0.25, 0.3) is 0 Å². The van der Waals surface area contributed by atoms with E-state index in [-0.39, 0.29) is 25.9 Å². The highest BCUT2D eigenvalue weighted by Crippen LogP contribution is 2.26. The van der Waals surface area contributed by atoms with Crippen LogP contribution in [0.3, 0.4) is 0 Å². The Balaban J connectivity index is 2.66. The molecule has 12 nitrogen and oxygen atoms in total. The van der Waals surface area contributed by atoms with Crippen LogP contribution in [0, 0.1) is 0 Å². The molecule has 0 spiro atoms. The number of rotatable bonds is 54.